The van der Waals surface area contributed by atoms with Crippen LogP contribution in [-0.4, -0.2) is 42.4 Å². The Morgan fingerprint density at radius 3 is 1.23 bits per heavy atom. The summed E-state index contributed by atoms with van der Waals surface area (Å²) in [5.41, 5.74) is 3.77. The molecule has 0 aliphatic heterocycles. The molecule has 6 nitrogen and oxygen atoms in total. The van der Waals surface area contributed by atoms with Gasteiger partial charge in [0.25, 0.3) is 0 Å². The third-order valence-corrected chi connectivity index (χ3v) is 6.49. The summed E-state index contributed by atoms with van der Waals surface area (Å²) in [7, 11) is 0. The maximum atomic E-state index is 12.5. The lowest BCUT2D eigenvalue weighted by atomic mass is 10.0. The Hall–Kier alpha value is -3.65. The van der Waals surface area contributed by atoms with Crippen LogP contribution in [0.3, 0.4) is 0 Å². The third-order valence-electron chi connectivity index (χ3n) is 6.49. The van der Waals surface area contributed by atoms with Crippen LogP contribution in [0.1, 0.15) is 22.3 Å². The lowest BCUT2D eigenvalue weighted by molar-refractivity contribution is -0.194. The molecule has 0 aliphatic carbocycles. The van der Waals surface area contributed by atoms with Crippen LogP contribution in [0.5, 0.6) is 0 Å². The zero-order valence-electron chi connectivity index (χ0n) is 22.5. The zero-order chi connectivity index (χ0) is 27.8. The van der Waals surface area contributed by atoms with E-state index in [1.165, 1.54) is 0 Å². The van der Waals surface area contributed by atoms with Crippen molar-refractivity contribution in [3.8, 4) is 0 Å². The predicted molar refractivity (Wildman–Crippen MR) is 153 cm³/mol. The fourth-order valence-corrected chi connectivity index (χ4v) is 4.33. The smallest absolute Gasteiger partial charge is 0.151 e. The average molecular weight is 541 g/mol. The van der Waals surface area contributed by atoms with Gasteiger partial charge in [-0.15, -0.1) is 0 Å². The molecule has 0 aromatic heterocycles. The van der Waals surface area contributed by atoms with Gasteiger partial charge in [0.2, 0.25) is 0 Å². The van der Waals surface area contributed by atoms with Crippen LogP contribution < -0.4 is 0 Å². The van der Waals surface area contributed by atoms with Gasteiger partial charge in [0.15, 0.2) is 6.29 Å². The second kappa shape index (κ2) is 16.5. The van der Waals surface area contributed by atoms with Gasteiger partial charge >= 0.3 is 0 Å². The molecule has 4 aromatic rings. The molecule has 0 spiro atoms. The minimum Gasteiger partial charge on any atom is -0.394 e. The average Bonchev–Trinajstić information content (AvgIpc) is 3.02. The molecule has 0 unspecified atom stereocenters. The lowest BCUT2D eigenvalue weighted by Gasteiger charge is -2.35. The van der Waals surface area contributed by atoms with Crippen molar-refractivity contribution in [3.63, 3.8) is 0 Å². The first-order valence-corrected chi connectivity index (χ1v) is 13.4. The number of hydrogen-bond acceptors (Lipinski definition) is 6. The first-order chi connectivity index (χ1) is 19.8. The highest BCUT2D eigenvalue weighted by atomic mass is 16.6. The molecule has 0 bridgehead atoms. The fraction of sp³-hybridized carbons (Fsp3) is 0.265. The van der Waals surface area contributed by atoms with Gasteiger partial charge in [-0.3, -0.25) is 0 Å². The molecule has 4 aromatic carbocycles. The highest BCUT2D eigenvalue weighted by molar-refractivity contribution is 5.57. The fourth-order valence-electron chi connectivity index (χ4n) is 4.33. The molecule has 208 valence electrons. The van der Waals surface area contributed by atoms with E-state index in [9.17, 15) is 9.90 Å². The van der Waals surface area contributed by atoms with E-state index >= 15 is 0 Å². The Bertz CT molecular complexity index is 1220. The number of benzene rings is 4. The van der Waals surface area contributed by atoms with Gasteiger partial charge < -0.3 is 28.8 Å². The minimum absolute atomic E-state index is 0.218. The number of hydrogen-bond donors (Lipinski definition) is 1. The van der Waals surface area contributed by atoms with E-state index in [0.717, 1.165) is 28.5 Å². The van der Waals surface area contributed by atoms with Crippen LogP contribution in [0, 0.1) is 0 Å². The molecule has 4 atom stereocenters. The van der Waals surface area contributed by atoms with Crippen molar-refractivity contribution in [2.75, 3.05) is 6.61 Å². The molecule has 0 amide bonds. The van der Waals surface area contributed by atoms with E-state index in [1.54, 1.807) is 0 Å². The summed E-state index contributed by atoms with van der Waals surface area (Å²) in [6.45, 7) is 0.620. The standard InChI is InChI=1S/C34H36O6/c35-21-31(37-23-27-13-5-1-6-14-27)33(39-25-29-17-9-3-10-18-29)34(40-26-30-19-11-4-12-20-30)32(22-36)38-24-28-15-7-2-8-16-28/h1-21,31-34,36H,22-26H2/t31-,32-,33+,34+/m0/s1. The molecule has 0 heterocycles. The van der Waals surface area contributed by atoms with Crippen molar-refractivity contribution in [3.05, 3.63) is 144 Å². The molecule has 0 saturated carbocycles. The first kappa shape index (κ1) is 29.3. The minimum atomic E-state index is -0.973. The van der Waals surface area contributed by atoms with Crippen LogP contribution >= 0.6 is 0 Å². The summed E-state index contributed by atoms with van der Waals surface area (Å²) in [5, 5.41) is 10.5. The van der Waals surface area contributed by atoms with Gasteiger partial charge in [-0.2, -0.15) is 0 Å². The lowest BCUT2D eigenvalue weighted by Crippen LogP contribution is -2.51. The van der Waals surface area contributed by atoms with Crippen molar-refractivity contribution in [1.82, 2.24) is 0 Å². The van der Waals surface area contributed by atoms with Gasteiger partial charge in [0, 0.05) is 0 Å². The summed E-state index contributed by atoms with van der Waals surface area (Å²) in [6, 6.07) is 38.8. The summed E-state index contributed by atoms with van der Waals surface area (Å²) < 4.78 is 25.1. The molecule has 1 N–H and O–H groups in total. The largest absolute Gasteiger partial charge is 0.394 e. The Balaban J connectivity index is 1.60. The maximum absolute atomic E-state index is 12.5. The second-order valence-corrected chi connectivity index (χ2v) is 9.44. The first-order valence-electron chi connectivity index (χ1n) is 13.4. The topological polar surface area (TPSA) is 74.2 Å². The Labute approximate surface area is 236 Å². The zero-order valence-corrected chi connectivity index (χ0v) is 22.5. The van der Waals surface area contributed by atoms with E-state index in [4.69, 9.17) is 18.9 Å². The van der Waals surface area contributed by atoms with Gasteiger partial charge in [-0.25, -0.2) is 0 Å². The van der Waals surface area contributed by atoms with Crippen LogP contribution in [0.4, 0.5) is 0 Å². The Morgan fingerprint density at radius 2 is 0.850 bits per heavy atom. The van der Waals surface area contributed by atoms with Crippen LogP contribution in [0.25, 0.3) is 0 Å². The Morgan fingerprint density at radius 1 is 0.500 bits per heavy atom. The number of aliphatic hydroxyl groups is 1. The maximum Gasteiger partial charge on any atom is 0.151 e. The predicted octanol–water partition coefficient (Wildman–Crippen LogP) is 5.52. The van der Waals surface area contributed by atoms with Crippen molar-refractivity contribution in [1.29, 1.82) is 0 Å². The van der Waals surface area contributed by atoms with Crippen molar-refractivity contribution >= 4 is 6.29 Å². The van der Waals surface area contributed by atoms with Crippen molar-refractivity contribution in [2.24, 2.45) is 0 Å². The normalized spacial score (nSPS) is 14.2. The monoisotopic (exact) mass is 540 g/mol. The number of rotatable bonds is 17. The van der Waals surface area contributed by atoms with E-state index in [1.807, 2.05) is 121 Å². The SMILES string of the molecule is O=C[C@H](OCc1ccccc1)[C@@H](OCc1ccccc1)[C@H](OCc1ccccc1)[C@H](CO)OCc1ccccc1. The molecular formula is C34H36O6. The number of carbonyl (C=O) groups excluding carboxylic acids is 1. The number of ether oxygens (including phenoxy) is 4. The summed E-state index contributed by atoms with van der Waals surface area (Å²) in [5.74, 6) is 0. The van der Waals surface area contributed by atoms with Crippen LogP contribution in [0.2, 0.25) is 0 Å². The number of carbonyl (C=O) groups is 1. The second-order valence-electron chi connectivity index (χ2n) is 9.44. The molecule has 0 saturated heterocycles. The summed E-state index contributed by atoms with van der Waals surface area (Å²) >= 11 is 0. The van der Waals surface area contributed by atoms with Crippen molar-refractivity contribution < 1.29 is 28.8 Å². The molecule has 0 aliphatic rings. The highest BCUT2D eigenvalue weighted by Gasteiger charge is 2.38. The van der Waals surface area contributed by atoms with E-state index in [-0.39, 0.29) is 33.0 Å². The molecule has 0 fully saturated rings. The van der Waals surface area contributed by atoms with Gasteiger partial charge in [-0.1, -0.05) is 121 Å². The quantitative estimate of drug-likeness (QED) is 0.178. The van der Waals surface area contributed by atoms with E-state index < -0.39 is 24.4 Å². The highest BCUT2D eigenvalue weighted by Crippen LogP contribution is 2.22. The number of aliphatic hydroxyl groups excluding tert-OH is 1. The summed E-state index contributed by atoms with van der Waals surface area (Å²) in [6.07, 6.45) is -2.70. The van der Waals surface area contributed by atoms with Gasteiger partial charge in [0.05, 0.1) is 33.0 Å². The molecule has 6 heteroatoms. The summed E-state index contributed by atoms with van der Waals surface area (Å²) in [4.78, 5) is 12.5. The van der Waals surface area contributed by atoms with Gasteiger partial charge in [-0.05, 0) is 22.3 Å². The molecule has 40 heavy (non-hydrogen) atoms. The van der Waals surface area contributed by atoms with E-state index in [2.05, 4.69) is 0 Å². The van der Waals surface area contributed by atoms with Crippen LogP contribution in [-0.2, 0) is 50.2 Å². The third kappa shape index (κ3) is 9.23. The van der Waals surface area contributed by atoms with Gasteiger partial charge in [0.1, 0.15) is 24.4 Å². The molecule has 4 rings (SSSR count). The molecular weight excluding hydrogens is 504 g/mol. The van der Waals surface area contributed by atoms with Crippen molar-refractivity contribution in [2.45, 2.75) is 50.8 Å². The van der Waals surface area contributed by atoms with E-state index in [0.29, 0.717) is 0 Å². The molecule has 0 radical (unpaired) electrons. The Kier molecular flexibility index (Phi) is 12.1. The number of aldehydes is 1. The van der Waals surface area contributed by atoms with Crippen LogP contribution in [0.15, 0.2) is 121 Å².